The fourth-order valence-electron chi connectivity index (χ4n) is 1.62. The molecule has 92 valence electrons. The van der Waals surface area contributed by atoms with Crippen LogP contribution in [0.4, 0.5) is 4.39 Å². The van der Waals surface area contributed by atoms with Gasteiger partial charge in [0.05, 0.1) is 0 Å². The summed E-state index contributed by atoms with van der Waals surface area (Å²) in [5, 5.41) is 0. The lowest BCUT2D eigenvalue weighted by molar-refractivity contribution is 0.0985. The first kappa shape index (κ1) is 12.8. The number of halogens is 1. The Morgan fingerprint density at radius 3 is 2.33 bits per heavy atom. The van der Waals surface area contributed by atoms with Crippen molar-refractivity contribution < 1.29 is 9.18 Å². The van der Waals surface area contributed by atoms with E-state index in [0.717, 1.165) is 4.90 Å². The third kappa shape index (κ3) is 2.79. The predicted octanol–water partition coefficient (Wildman–Crippen LogP) is 4.57. The monoisotopic (exact) mass is 260 g/mol. The Bertz CT molecular complexity index is 566. The van der Waals surface area contributed by atoms with Crippen LogP contribution in [0.15, 0.2) is 58.3 Å². The Labute approximate surface area is 110 Å². The summed E-state index contributed by atoms with van der Waals surface area (Å²) in [7, 11) is 0. The summed E-state index contributed by atoms with van der Waals surface area (Å²) in [6, 6.07) is 13.9. The molecule has 0 atom stereocenters. The highest BCUT2D eigenvalue weighted by molar-refractivity contribution is 7.99. The summed E-state index contributed by atoms with van der Waals surface area (Å²) in [5.74, 6) is -0.185. The second kappa shape index (κ2) is 5.83. The van der Waals surface area contributed by atoms with Crippen LogP contribution >= 0.6 is 11.8 Å². The van der Waals surface area contributed by atoms with Gasteiger partial charge in [0.2, 0.25) is 0 Å². The maximum absolute atomic E-state index is 13.6. The van der Waals surface area contributed by atoms with Gasteiger partial charge in [-0.05, 0) is 18.2 Å². The fourth-order valence-corrected chi connectivity index (χ4v) is 2.61. The van der Waals surface area contributed by atoms with Crippen molar-refractivity contribution in [1.29, 1.82) is 0 Å². The average Bonchev–Trinajstić information content (AvgIpc) is 2.41. The predicted molar refractivity (Wildman–Crippen MR) is 71.6 cm³/mol. The van der Waals surface area contributed by atoms with Gasteiger partial charge < -0.3 is 0 Å². The molecular weight excluding hydrogens is 247 g/mol. The zero-order chi connectivity index (χ0) is 13.0. The average molecular weight is 260 g/mol. The number of benzene rings is 2. The van der Waals surface area contributed by atoms with Crippen molar-refractivity contribution in [2.75, 3.05) is 0 Å². The van der Waals surface area contributed by atoms with E-state index in [4.69, 9.17) is 0 Å². The highest BCUT2D eigenvalue weighted by atomic mass is 32.2. The van der Waals surface area contributed by atoms with Crippen LogP contribution in [-0.4, -0.2) is 5.78 Å². The normalized spacial score (nSPS) is 10.3. The molecule has 2 rings (SSSR count). The molecule has 0 spiro atoms. The van der Waals surface area contributed by atoms with Crippen LogP contribution in [0.2, 0.25) is 0 Å². The van der Waals surface area contributed by atoms with E-state index in [1.165, 1.54) is 17.8 Å². The Kier molecular flexibility index (Phi) is 4.15. The van der Waals surface area contributed by atoms with Crippen LogP contribution in [0, 0.1) is 5.82 Å². The van der Waals surface area contributed by atoms with E-state index in [9.17, 15) is 9.18 Å². The van der Waals surface area contributed by atoms with Crippen LogP contribution in [0.25, 0.3) is 0 Å². The van der Waals surface area contributed by atoms with Crippen molar-refractivity contribution in [3.05, 3.63) is 59.9 Å². The molecule has 2 aromatic carbocycles. The zero-order valence-electron chi connectivity index (χ0n) is 10.0. The summed E-state index contributed by atoms with van der Waals surface area (Å²) < 4.78 is 13.6. The maximum atomic E-state index is 13.6. The third-order valence-corrected chi connectivity index (χ3v) is 3.69. The second-order valence-corrected chi connectivity index (χ2v) is 4.89. The smallest absolute Gasteiger partial charge is 0.163 e. The fraction of sp³-hybridized carbons (Fsp3) is 0.133. The molecule has 18 heavy (non-hydrogen) atoms. The minimum Gasteiger partial charge on any atom is -0.294 e. The van der Waals surface area contributed by atoms with Gasteiger partial charge in [0, 0.05) is 21.8 Å². The first-order chi connectivity index (χ1) is 8.72. The Hall–Kier alpha value is -1.61. The number of Topliss-reactive ketones (excluding diaryl/α,β-unsaturated/α-hetero) is 1. The highest BCUT2D eigenvalue weighted by Gasteiger charge is 2.11. The van der Waals surface area contributed by atoms with Gasteiger partial charge in [-0.2, -0.15) is 0 Å². The zero-order valence-corrected chi connectivity index (χ0v) is 10.8. The van der Waals surface area contributed by atoms with Gasteiger partial charge in [0.1, 0.15) is 5.82 Å². The molecule has 2 aromatic rings. The molecule has 0 fully saturated rings. The molecule has 0 bridgehead atoms. The lowest BCUT2D eigenvalue weighted by Crippen LogP contribution is -1.98. The molecule has 3 heteroatoms. The second-order valence-electron chi connectivity index (χ2n) is 3.81. The van der Waals surface area contributed by atoms with E-state index >= 15 is 0 Å². The van der Waals surface area contributed by atoms with Crippen LogP contribution in [0.5, 0.6) is 0 Å². The Morgan fingerprint density at radius 1 is 1.06 bits per heavy atom. The number of carbonyl (C=O) groups is 1. The van der Waals surface area contributed by atoms with Crippen LogP contribution in [0.3, 0.4) is 0 Å². The maximum Gasteiger partial charge on any atom is 0.163 e. The Morgan fingerprint density at radius 2 is 1.67 bits per heavy atom. The number of hydrogen-bond donors (Lipinski definition) is 0. The summed E-state index contributed by atoms with van der Waals surface area (Å²) in [6.45, 7) is 1.83. The third-order valence-electron chi connectivity index (χ3n) is 2.57. The summed E-state index contributed by atoms with van der Waals surface area (Å²) in [6.07, 6.45) is 0.453. The van der Waals surface area contributed by atoms with Crippen molar-refractivity contribution in [3.8, 4) is 0 Å². The van der Waals surface area contributed by atoms with Gasteiger partial charge in [-0.25, -0.2) is 4.39 Å². The quantitative estimate of drug-likeness (QED) is 0.749. The summed E-state index contributed by atoms with van der Waals surface area (Å²) in [5.41, 5.74) is 0.660. The van der Waals surface area contributed by atoms with Crippen molar-refractivity contribution in [3.63, 3.8) is 0 Å². The van der Waals surface area contributed by atoms with Crippen molar-refractivity contribution >= 4 is 17.5 Å². The molecule has 0 aromatic heterocycles. The topological polar surface area (TPSA) is 17.1 Å². The lowest BCUT2D eigenvalue weighted by Gasteiger charge is -2.07. The lowest BCUT2D eigenvalue weighted by atomic mass is 10.1. The van der Waals surface area contributed by atoms with E-state index in [2.05, 4.69) is 0 Å². The molecule has 0 saturated carbocycles. The molecule has 0 heterocycles. The van der Waals surface area contributed by atoms with E-state index in [1.54, 1.807) is 24.3 Å². The standard InChI is InChI=1S/C15H13FOS/c1-2-13(17)11-7-3-5-9-14(11)18-15-10-6-4-8-12(15)16/h3-10H,2H2,1H3. The van der Waals surface area contributed by atoms with Crippen LogP contribution < -0.4 is 0 Å². The first-order valence-electron chi connectivity index (χ1n) is 5.77. The van der Waals surface area contributed by atoms with E-state index in [0.29, 0.717) is 16.9 Å². The molecule has 0 aliphatic heterocycles. The minimum atomic E-state index is -0.263. The SMILES string of the molecule is CCC(=O)c1ccccc1Sc1ccccc1F. The van der Waals surface area contributed by atoms with Crippen molar-refractivity contribution in [2.45, 2.75) is 23.1 Å². The number of carbonyl (C=O) groups excluding carboxylic acids is 1. The van der Waals surface area contributed by atoms with E-state index < -0.39 is 0 Å². The molecule has 0 aliphatic carbocycles. The molecule has 0 amide bonds. The molecule has 0 aliphatic rings. The molecule has 0 saturated heterocycles. The molecule has 0 N–H and O–H groups in total. The summed E-state index contributed by atoms with van der Waals surface area (Å²) >= 11 is 1.29. The van der Waals surface area contributed by atoms with Crippen LogP contribution in [-0.2, 0) is 0 Å². The van der Waals surface area contributed by atoms with Gasteiger partial charge in [-0.15, -0.1) is 0 Å². The highest BCUT2D eigenvalue weighted by Crippen LogP contribution is 2.32. The molecular formula is C15H13FOS. The van der Waals surface area contributed by atoms with Gasteiger partial charge in [-0.3, -0.25) is 4.79 Å². The van der Waals surface area contributed by atoms with Crippen molar-refractivity contribution in [2.24, 2.45) is 0 Å². The number of hydrogen-bond acceptors (Lipinski definition) is 2. The molecule has 1 nitrogen and oxygen atoms in total. The van der Waals surface area contributed by atoms with Gasteiger partial charge >= 0.3 is 0 Å². The first-order valence-corrected chi connectivity index (χ1v) is 6.58. The minimum absolute atomic E-state index is 0.0782. The molecule has 0 radical (unpaired) electrons. The van der Waals surface area contributed by atoms with E-state index in [-0.39, 0.29) is 11.6 Å². The number of ketones is 1. The van der Waals surface area contributed by atoms with Gasteiger partial charge in [0.15, 0.2) is 5.78 Å². The van der Waals surface area contributed by atoms with E-state index in [1.807, 2.05) is 25.1 Å². The largest absolute Gasteiger partial charge is 0.294 e. The van der Waals surface area contributed by atoms with Gasteiger partial charge in [0.25, 0.3) is 0 Å². The summed E-state index contributed by atoms with van der Waals surface area (Å²) in [4.78, 5) is 13.1. The Balaban J connectivity index is 2.35. The number of rotatable bonds is 4. The molecule has 0 unspecified atom stereocenters. The van der Waals surface area contributed by atoms with Crippen LogP contribution in [0.1, 0.15) is 23.7 Å². The van der Waals surface area contributed by atoms with Gasteiger partial charge in [-0.1, -0.05) is 49.0 Å². The van der Waals surface area contributed by atoms with Crippen molar-refractivity contribution in [1.82, 2.24) is 0 Å².